The Morgan fingerprint density at radius 2 is 2.17 bits per heavy atom. The van der Waals surface area contributed by atoms with Gasteiger partial charge in [-0.1, -0.05) is 23.4 Å². The lowest BCUT2D eigenvalue weighted by atomic mass is 10.3. The van der Waals surface area contributed by atoms with E-state index in [1.807, 2.05) is 30.3 Å². The van der Waals surface area contributed by atoms with E-state index < -0.39 is 6.04 Å². The lowest BCUT2D eigenvalue weighted by molar-refractivity contribution is -0.121. The second kappa shape index (κ2) is 7.16. The van der Waals surface area contributed by atoms with E-state index in [0.29, 0.717) is 0 Å². The van der Waals surface area contributed by atoms with Gasteiger partial charge >= 0.3 is 0 Å². The first-order valence-corrected chi connectivity index (χ1v) is 5.58. The zero-order valence-corrected chi connectivity index (χ0v) is 10.2. The lowest BCUT2D eigenvalue weighted by Gasteiger charge is -2.12. The van der Waals surface area contributed by atoms with Crippen LogP contribution in [0.1, 0.15) is 13.3 Å². The molecule has 0 saturated carbocycles. The smallest absolute Gasteiger partial charge is 0.224 e. The van der Waals surface area contributed by atoms with Gasteiger partial charge < -0.3 is 21.0 Å². The number of benzene rings is 1. The van der Waals surface area contributed by atoms with Gasteiger partial charge in [-0.2, -0.15) is 0 Å². The van der Waals surface area contributed by atoms with Crippen LogP contribution in [0.2, 0.25) is 0 Å². The van der Waals surface area contributed by atoms with Gasteiger partial charge in [-0.3, -0.25) is 4.79 Å². The fraction of sp³-hybridized carbons (Fsp3) is 0.333. The van der Waals surface area contributed by atoms with Crippen molar-refractivity contribution in [2.24, 2.45) is 10.9 Å². The maximum Gasteiger partial charge on any atom is 0.224 e. The van der Waals surface area contributed by atoms with Gasteiger partial charge in [0.15, 0.2) is 5.84 Å². The van der Waals surface area contributed by atoms with Crippen molar-refractivity contribution >= 4 is 11.7 Å². The minimum absolute atomic E-state index is 0.0349. The molecule has 1 atom stereocenters. The molecule has 1 rings (SSSR count). The van der Waals surface area contributed by atoms with Crippen LogP contribution in [-0.2, 0) is 4.79 Å². The van der Waals surface area contributed by atoms with Crippen LogP contribution >= 0.6 is 0 Å². The first-order chi connectivity index (χ1) is 8.63. The Bertz CT molecular complexity index is 406. The van der Waals surface area contributed by atoms with Crippen molar-refractivity contribution < 1.29 is 14.7 Å². The zero-order valence-electron chi connectivity index (χ0n) is 10.2. The van der Waals surface area contributed by atoms with Crippen molar-refractivity contribution in [3.05, 3.63) is 30.3 Å². The number of amidine groups is 1. The first-order valence-electron chi connectivity index (χ1n) is 5.58. The first kappa shape index (κ1) is 13.8. The van der Waals surface area contributed by atoms with E-state index >= 15 is 0 Å². The van der Waals surface area contributed by atoms with Crippen LogP contribution in [0.5, 0.6) is 5.75 Å². The summed E-state index contributed by atoms with van der Waals surface area (Å²) < 4.78 is 5.37. The molecule has 1 unspecified atom stereocenters. The molecule has 0 bridgehead atoms. The summed E-state index contributed by atoms with van der Waals surface area (Å²) in [4.78, 5) is 11.5. The average Bonchev–Trinajstić information content (AvgIpc) is 2.38. The zero-order chi connectivity index (χ0) is 13.4. The number of carbonyl (C=O) groups is 1. The molecule has 0 radical (unpaired) electrons. The van der Waals surface area contributed by atoms with E-state index in [2.05, 4.69) is 10.5 Å². The van der Waals surface area contributed by atoms with Crippen molar-refractivity contribution in [1.82, 2.24) is 5.32 Å². The third-order valence-electron chi connectivity index (χ3n) is 2.28. The number of nitrogens with two attached hydrogens (primary N) is 1. The fourth-order valence-electron chi connectivity index (χ4n) is 1.25. The number of hydrogen-bond donors (Lipinski definition) is 3. The van der Waals surface area contributed by atoms with Crippen molar-refractivity contribution in [2.45, 2.75) is 19.4 Å². The molecule has 18 heavy (non-hydrogen) atoms. The summed E-state index contributed by atoms with van der Waals surface area (Å²) in [7, 11) is 0. The van der Waals surface area contributed by atoms with Gasteiger partial charge in [0.25, 0.3) is 0 Å². The number of hydrogen-bond acceptors (Lipinski definition) is 4. The van der Waals surface area contributed by atoms with Crippen molar-refractivity contribution in [3.63, 3.8) is 0 Å². The standard InChI is InChI=1S/C12H17N3O3/c1-9(12(13)15-17)14-11(16)7-8-18-10-5-3-2-4-6-10/h2-6,9,17H,7-8H2,1H3,(H2,13,15)(H,14,16). The molecule has 4 N–H and O–H groups in total. The molecule has 0 aliphatic rings. The van der Waals surface area contributed by atoms with Crippen LogP contribution in [0.4, 0.5) is 0 Å². The monoisotopic (exact) mass is 251 g/mol. The molecule has 98 valence electrons. The third-order valence-corrected chi connectivity index (χ3v) is 2.28. The Morgan fingerprint density at radius 3 is 2.78 bits per heavy atom. The number of ether oxygens (including phenoxy) is 1. The van der Waals surface area contributed by atoms with Crippen LogP contribution in [0.3, 0.4) is 0 Å². The van der Waals surface area contributed by atoms with Gasteiger partial charge in [-0.05, 0) is 19.1 Å². The number of oxime groups is 1. The molecule has 1 aromatic carbocycles. The van der Waals surface area contributed by atoms with E-state index in [0.717, 1.165) is 5.75 Å². The van der Waals surface area contributed by atoms with Crippen LogP contribution in [0, 0.1) is 0 Å². The van der Waals surface area contributed by atoms with Crippen LogP contribution in [-0.4, -0.2) is 29.6 Å². The van der Waals surface area contributed by atoms with Crippen molar-refractivity contribution in [2.75, 3.05) is 6.61 Å². The molecule has 0 saturated heterocycles. The van der Waals surface area contributed by atoms with Gasteiger partial charge in [0.05, 0.1) is 19.1 Å². The average molecular weight is 251 g/mol. The minimum atomic E-state index is -0.501. The number of carbonyl (C=O) groups excluding carboxylic acids is 1. The van der Waals surface area contributed by atoms with Crippen LogP contribution < -0.4 is 15.8 Å². The number of rotatable bonds is 6. The Morgan fingerprint density at radius 1 is 1.50 bits per heavy atom. The molecule has 1 amide bonds. The highest BCUT2D eigenvalue weighted by molar-refractivity contribution is 5.89. The van der Waals surface area contributed by atoms with Crippen LogP contribution in [0.15, 0.2) is 35.5 Å². The number of amides is 1. The van der Waals surface area contributed by atoms with Gasteiger partial charge in [0.2, 0.25) is 5.91 Å². The topological polar surface area (TPSA) is 96.9 Å². The normalized spacial score (nSPS) is 12.8. The summed E-state index contributed by atoms with van der Waals surface area (Å²) in [5.41, 5.74) is 5.34. The van der Waals surface area contributed by atoms with Gasteiger partial charge in [0, 0.05) is 0 Å². The molecular formula is C12H17N3O3. The quantitative estimate of drug-likeness (QED) is 0.300. The van der Waals surface area contributed by atoms with E-state index in [1.54, 1.807) is 6.92 Å². The Labute approximate surface area is 105 Å². The highest BCUT2D eigenvalue weighted by Gasteiger charge is 2.10. The summed E-state index contributed by atoms with van der Waals surface area (Å²) in [6.07, 6.45) is 0.206. The van der Waals surface area contributed by atoms with E-state index in [-0.39, 0.29) is 24.8 Å². The predicted octanol–water partition coefficient (Wildman–Crippen LogP) is 0.707. The van der Waals surface area contributed by atoms with E-state index in [9.17, 15) is 4.79 Å². The Balaban J connectivity index is 2.26. The number of para-hydroxylation sites is 1. The Hall–Kier alpha value is -2.24. The molecule has 1 aromatic rings. The number of nitrogens with one attached hydrogen (secondary N) is 1. The van der Waals surface area contributed by atoms with Crippen molar-refractivity contribution in [1.29, 1.82) is 0 Å². The molecule has 0 heterocycles. The molecule has 0 fully saturated rings. The summed E-state index contributed by atoms with van der Waals surface area (Å²) >= 11 is 0. The minimum Gasteiger partial charge on any atom is -0.493 e. The molecular weight excluding hydrogens is 234 g/mol. The Kier molecular flexibility index (Phi) is 5.50. The molecule has 6 heteroatoms. The third kappa shape index (κ3) is 4.73. The second-order valence-electron chi connectivity index (χ2n) is 3.73. The molecule has 6 nitrogen and oxygen atoms in total. The summed E-state index contributed by atoms with van der Waals surface area (Å²) in [5, 5.41) is 13.8. The maximum absolute atomic E-state index is 11.5. The summed E-state index contributed by atoms with van der Waals surface area (Å²) in [6, 6.07) is 8.73. The highest BCUT2D eigenvalue weighted by atomic mass is 16.5. The van der Waals surface area contributed by atoms with E-state index in [1.165, 1.54) is 0 Å². The van der Waals surface area contributed by atoms with Crippen molar-refractivity contribution in [3.8, 4) is 5.75 Å². The lowest BCUT2D eigenvalue weighted by Crippen LogP contribution is -2.42. The largest absolute Gasteiger partial charge is 0.493 e. The molecule has 0 aliphatic carbocycles. The summed E-state index contributed by atoms with van der Waals surface area (Å²) in [5.74, 6) is 0.465. The van der Waals surface area contributed by atoms with Gasteiger partial charge in [0.1, 0.15) is 5.75 Å². The second-order valence-corrected chi connectivity index (χ2v) is 3.73. The van der Waals surface area contributed by atoms with Crippen LogP contribution in [0.25, 0.3) is 0 Å². The van der Waals surface area contributed by atoms with Gasteiger partial charge in [-0.15, -0.1) is 0 Å². The molecule has 0 spiro atoms. The predicted molar refractivity (Wildman–Crippen MR) is 67.6 cm³/mol. The highest BCUT2D eigenvalue weighted by Crippen LogP contribution is 2.08. The SMILES string of the molecule is CC(NC(=O)CCOc1ccccc1)/C(N)=N/O. The maximum atomic E-state index is 11.5. The fourth-order valence-corrected chi connectivity index (χ4v) is 1.25. The molecule has 0 aromatic heterocycles. The van der Waals surface area contributed by atoms with Gasteiger partial charge in [-0.25, -0.2) is 0 Å². The van der Waals surface area contributed by atoms with E-state index in [4.69, 9.17) is 15.7 Å². The summed E-state index contributed by atoms with van der Waals surface area (Å²) in [6.45, 7) is 1.91. The number of nitrogens with zero attached hydrogens (tertiary/aromatic N) is 1. The molecule has 0 aliphatic heterocycles.